The maximum absolute atomic E-state index is 14.4. The van der Waals surface area contributed by atoms with Gasteiger partial charge in [-0.3, -0.25) is 47.4 Å². The second-order valence-corrected chi connectivity index (χ2v) is 31.7. The average molecular weight is 1630 g/mol. The number of phosphoric acid groups is 2. The van der Waals surface area contributed by atoms with E-state index >= 15 is 0 Å². The number of phosphoric ester groups is 2. The molecule has 634 valence electrons. The molecule has 1 heterocycles. The first-order valence-electron chi connectivity index (χ1n) is 38.9. The molecule has 0 spiro atoms. The van der Waals surface area contributed by atoms with Crippen molar-refractivity contribution in [1.82, 2.24) is 41.7 Å². The fourth-order valence-electron chi connectivity index (χ4n) is 11.7. The van der Waals surface area contributed by atoms with Gasteiger partial charge in [-0.2, -0.15) is 4.31 Å². The molecular weight excluding hydrogens is 1510 g/mol. The standard InChI is InChI=1S/C78H122N8O25P2/c1-13-53(5)68-73(92)83-58(10)77(96)110-70(54(6)14-2)56(8)64(34-29-55(7)76(95)108-65(49-52(3)4)72(91)82-57(9)74(93)86(12)63(50-59-25-18-15-19-26-59)75(94)85(11)51-67(88)84-68)109-78(97)81-37-21-17-23-40-107-113(100,101)111-112(98,99)106-39-22-16-20-36-79-66(87)35-41-102-43-45-104-47-48-105-46-44-103-42-38-80-71(90)62-32-30-61(31-33-62)69(89)60-27-24-28-60/h14-15,18-19,25-26,29-33,52-53,56-58,60,63-65,68,70H,13,16-17,20-24,27-28,34-51H2,1-12H3,(H,79,87)(H,80,90)(H,81,97)(H,82,91)(H,83,92)(H,84,88)(H,98,99)(H,100,101)/b54-14+,55-29+/t53?,56-,57-,58+,63+,64-,65+,68-,70+/m0/s1. The summed E-state index contributed by atoms with van der Waals surface area (Å²) in [7, 11) is -7.38. The van der Waals surface area contributed by atoms with Crippen molar-refractivity contribution in [2.45, 2.75) is 202 Å². The van der Waals surface area contributed by atoms with E-state index in [0.29, 0.717) is 101 Å². The number of nitrogens with one attached hydrogen (secondary N) is 6. The Morgan fingerprint density at radius 1 is 0.673 bits per heavy atom. The SMILES string of the molecule is C/C=C(\C)[C@H]1OC(=O)[C@@H](C)NC(=O)[C@H](C(C)CC)NC(=O)CN(C)C(=O)[C@@H](Cc2ccccc2)N(C)C(=O)[C@H](C)NC(=O)[C@@H](CC(C)C)OC(=O)/C(C)=C/C[C@H](OC(=O)NCCCCCOP(=O)(O)OP(=O)(O)OCCCCCNC(=O)CCOCCOCCOCCOCCNC(=O)c2ccc(C(=O)C3CCC3)cc2)[C@@H]1C. The van der Waals surface area contributed by atoms with Crippen molar-refractivity contribution in [2.75, 3.05) is 106 Å². The third-order valence-corrected chi connectivity index (χ3v) is 21.7. The molecule has 4 rings (SSSR count). The third kappa shape index (κ3) is 37.1. The van der Waals surface area contributed by atoms with E-state index in [-0.39, 0.29) is 106 Å². The molecule has 35 heteroatoms. The minimum atomic E-state index is -5.10. The molecule has 8 amide bonds. The topological polar surface area (TPSA) is 433 Å². The Labute approximate surface area is 664 Å². The first-order valence-corrected chi connectivity index (χ1v) is 41.9. The fourth-order valence-corrected chi connectivity index (χ4v) is 13.8. The number of cyclic esters (lactones) is 2. The molecule has 1 aliphatic heterocycles. The summed E-state index contributed by atoms with van der Waals surface area (Å²) in [5.41, 5.74) is 2.31. The number of likely N-dealkylation sites (N-methyl/N-ethyl adjacent to an activating group) is 2. The number of ketones is 1. The Balaban J connectivity index is 1.20. The molecule has 33 nitrogen and oxygen atoms in total. The normalized spacial score (nSPS) is 22.4. The summed E-state index contributed by atoms with van der Waals surface area (Å²) >= 11 is 0. The molecule has 2 aliphatic rings. The molecule has 0 radical (unpaired) electrons. The Morgan fingerprint density at radius 2 is 1.24 bits per heavy atom. The number of unbranched alkanes of at least 4 members (excludes halogenated alkanes) is 4. The number of rotatable bonds is 42. The Bertz CT molecular complexity index is 3530. The molecule has 0 bridgehead atoms. The molecule has 2 aromatic rings. The summed E-state index contributed by atoms with van der Waals surface area (Å²) in [6.45, 7) is 18.2. The zero-order valence-electron chi connectivity index (χ0n) is 67.6. The average Bonchev–Trinajstić information content (AvgIpc) is 0.461. The van der Waals surface area contributed by atoms with Crippen molar-refractivity contribution in [2.24, 2.45) is 23.7 Å². The lowest BCUT2D eigenvalue weighted by Crippen LogP contribution is -2.57. The van der Waals surface area contributed by atoms with Crippen LogP contribution in [0.4, 0.5) is 4.79 Å². The van der Waals surface area contributed by atoms with Crippen LogP contribution in [0.15, 0.2) is 77.9 Å². The predicted octanol–water partition coefficient (Wildman–Crippen LogP) is 7.55. The summed E-state index contributed by atoms with van der Waals surface area (Å²) in [6.07, 6.45) is 3.73. The minimum absolute atomic E-state index is 0.00174. The molecule has 1 saturated carbocycles. The number of hydrogen-bond acceptors (Lipinski definition) is 23. The number of amides is 8. The highest BCUT2D eigenvalue weighted by atomic mass is 31.3. The van der Waals surface area contributed by atoms with Gasteiger partial charge in [0.1, 0.15) is 36.4 Å². The highest BCUT2D eigenvalue weighted by molar-refractivity contribution is 7.61. The largest absolute Gasteiger partial charge is 0.481 e. The number of allylic oxidation sites excluding steroid dienone is 1. The van der Waals surface area contributed by atoms with E-state index < -0.39 is 131 Å². The monoisotopic (exact) mass is 1630 g/mol. The zero-order chi connectivity index (χ0) is 83.6. The Morgan fingerprint density at radius 3 is 1.81 bits per heavy atom. The number of nitrogens with zero attached hydrogens (tertiary/aromatic N) is 2. The van der Waals surface area contributed by atoms with E-state index in [1.165, 1.54) is 45.8 Å². The predicted molar refractivity (Wildman–Crippen MR) is 417 cm³/mol. The van der Waals surface area contributed by atoms with Crippen LogP contribution in [0, 0.1) is 23.7 Å². The summed E-state index contributed by atoms with van der Waals surface area (Å²) < 4.78 is 79.3. The molecule has 1 aliphatic carbocycles. The van der Waals surface area contributed by atoms with Gasteiger partial charge in [-0.05, 0) is 128 Å². The van der Waals surface area contributed by atoms with Crippen LogP contribution >= 0.6 is 15.6 Å². The lowest BCUT2D eigenvalue weighted by atomic mass is 9.80. The van der Waals surface area contributed by atoms with Crippen LogP contribution in [0.3, 0.4) is 0 Å². The molecule has 8 N–H and O–H groups in total. The number of hydrogen-bond donors (Lipinski definition) is 8. The van der Waals surface area contributed by atoms with Crippen LogP contribution in [0.2, 0.25) is 0 Å². The molecule has 0 aromatic heterocycles. The van der Waals surface area contributed by atoms with Crippen molar-refractivity contribution in [1.29, 1.82) is 0 Å². The van der Waals surface area contributed by atoms with Crippen LogP contribution < -0.4 is 31.9 Å². The maximum atomic E-state index is 14.4. The van der Waals surface area contributed by atoms with Crippen molar-refractivity contribution in [3.05, 3.63) is 94.6 Å². The molecule has 2 aromatic carbocycles. The minimum Gasteiger partial charge on any atom is -0.456 e. The smallest absolute Gasteiger partial charge is 0.456 e. The number of carbonyl (C=O) groups is 11. The van der Waals surface area contributed by atoms with E-state index in [0.717, 1.165) is 24.2 Å². The van der Waals surface area contributed by atoms with Crippen molar-refractivity contribution >= 4 is 80.8 Å². The number of ether oxygens (including phenoxy) is 7. The van der Waals surface area contributed by atoms with Gasteiger partial charge in [0.25, 0.3) is 11.8 Å². The van der Waals surface area contributed by atoms with Gasteiger partial charge in [0.2, 0.25) is 29.5 Å². The molecule has 1 fully saturated rings. The second-order valence-electron chi connectivity index (χ2n) is 28.7. The third-order valence-electron chi connectivity index (χ3n) is 19.0. The molecule has 11 atom stereocenters. The van der Waals surface area contributed by atoms with Gasteiger partial charge >= 0.3 is 33.7 Å². The van der Waals surface area contributed by atoms with E-state index in [1.54, 1.807) is 109 Å². The summed E-state index contributed by atoms with van der Waals surface area (Å²) in [6, 6.07) is 10.6. The van der Waals surface area contributed by atoms with Gasteiger partial charge < -0.3 is 84.6 Å². The van der Waals surface area contributed by atoms with E-state index in [4.69, 9.17) is 42.2 Å². The van der Waals surface area contributed by atoms with Crippen molar-refractivity contribution in [3.63, 3.8) is 0 Å². The van der Waals surface area contributed by atoms with Gasteiger partial charge in [-0.1, -0.05) is 102 Å². The Kier molecular flexibility index (Phi) is 44.8. The van der Waals surface area contributed by atoms with Gasteiger partial charge in [0.15, 0.2) is 11.9 Å². The van der Waals surface area contributed by atoms with E-state index in [9.17, 15) is 71.7 Å². The molecule has 3 unspecified atom stereocenters. The lowest BCUT2D eigenvalue weighted by molar-refractivity contribution is -0.155. The number of carbonyl (C=O) groups excluding carboxylic acids is 11. The summed E-state index contributed by atoms with van der Waals surface area (Å²) in [4.78, 5) is 172. The van der Waals surface area contributed by atoms with Gasteiger partial charge in [0.05, 0.1) is 72.6 Å². The summed E-state index contributed by atoms with van der Waals surface area (Å²) in [5, 5.41) is 16.2. The lowest BCUT2D eigenvalue weighted by Gasteiger charge is -2.33. The maximum Gasteiger partial charge on any atom is 0.481 e. The van der Waals surface area contributed by atoms with Crippen molar-refractivity contribution < 1.29 is 118 Å². The summed E-state index contributed by atoms with van der Waals surface area (Å²) in [5.74, 6) is -7.13. The second kappa shape index (κ2) is 51.9. The number of alkyl carbamates (subject to hydrolysis) is 1. The molecule has 113 heavy (non-hydrogen) atoms. The van der Waals surface area contributed by atoms with E-state index in [1.807, 2.05) is 0 Å². The van der Waals surface area contributed by atoms with Crippen molar-refractivity contribution in [3.8, 4) is 0 Å². The van der Waals surface area contributed by atoms with Crippen LogP contribution in [0.25, 0.3) is 0 Å². The van der Waals surface area contributed by atoms with Crippen LogP contribution in [0.1, 0.15) is 179 Å². The Hall–Kier alpha value is -7.81. The highest BCUT2D eigenvalue weighted by Crippen LogP contribution is 2.60. The fraction of sp³-hybridized carbons (Fsp3) is 0.654. The number of Topliss-reactive ketones (excluding diaryl/α,β-unsaturated/α-hetero) is 1. The van der Waals surface area contributed by atoms with Gasteiger partial charge in [-0.15, -0.1) is 0 Å². The first-order chi connectivity index (χ1) is 53.7. The van der Waals surface area contributed by atoms with Crippen LogP contribution in [0.5, 0.6) is 0 Å². The van der Waals surface area contributed by atoms with E-state index in [2.05, 4.69) is 36.2 Å². The highest BCUT2D eigenvalue weighted by Gasteiger charge is 2.39. The first kappa shape index (κ1) is 97.6. The van der Waals surface area contributed by atoms with Crippen LogP contribution in [-0.4, -0.2) is 234 Å². The molecular formula is C78H122N8O25P2. The van der Waals surface area contributed by atoms with Gasteiger partial charge in [0, 0.05) is 81.5 Å². The number of benzene rings is 2. The van der Waals surface area contributed by atoms with Gasteiger partial charge in [-0.25, -0.2) is 23.5 Å². The zero-order valence-corrected chi connectivity index (χ0v) is 69.4. The molecule has 0 saturated heterocycles. The number of esters is 2. The van der Waals surface area contributed by atoms with Crippen LogP contribution in [-0.2, 0) is 100 Å². The quantitative estimate of drug-likeness (QED) is 0.00794.